The molecule has 0 radical (unpaired) electrons. The van der Waals surface area contributed by atoms with E-state index < -0.39 is 0 Å². The fourth-order valence-electron chi connectivity index (χ4n) is 4.85. The van der Waals surface area contributed by atoms with E-state index in [2.05, 4.69) is 49.2 Å². The van der Waals surface area contributed by atoms with Crippen LogP contribution in [-0.4, -0.2) is 37.6 Å². The van der Waals surface area contributed by atoms with Gasteiger partial charge in [0.2, 0.25) is 0 Å². The first-order valence-electron chi connectivity index (χ1n) is 12.2. The number of nitrogens with zero attached hydrogens (tertiary/aromatic N) is 1. The van der Waals surface area contributed by atoms with Gasteiger partial charge in [-0.05, 0) is 84.3 Å². The lowest BCUT2D eigenvalue weighted by atomic mass is 9.87. The molecular weight excluding hydrogens is 420 g/mol. The van der Waals surface area contributed by atoms with Crippen LogP contribution in [0, 0.1) is 5.41 Å². The van der Waals surface area contributed by atoms with Crippen LogP contribution in [0.25, 0.3) is 11.1 Å². The number of hydrogen-bond acceptors (Lipinski definition) is 3. The summed E-state index contributed by atoms with van der Waals surface area (Å²) in [6.07, 6.45) is 2.20. The van der Waals surface area contributed by atoms with Gasteiger partial charge in [-0.25, -0.2) is 0 Å². The Hall–Kier alpha value is -3.11. The number of benzene rings is 3. The summed E-state index contributed by atoms with van der Waals surface area (Å²) in [5, 5.41) is 3.08. The Morgan fingerprint density at radius 3 is 2.21 bits per heavy atom. The van der Waals surface area contributed by atoms with Crippen molar-refractivity contribution in [1.29, 1.82) is 0 Å². The monoisotopic (exact) mass is 456 g/mol. The van der Waals surface area contributed by atoms with Crippen LogP contribution in [0.15, 0.2) is 72.8 Å². The third kappa shape index (κ3) is 6.06. The van der Waals surface area contributed by atoms with Crippen molar-refractivity contribution >= 4 is 11.6 Å². The van der Waals surface area contributed by atoms with Gasteiger partial charge in [-0.3, -0.25) is 4.79 Å². The molecule has 1 aliphatic heterocycles. The number of amides is 1. The number of nitrogens with one attached hydrogen (secondary N) is 1. The van der Waals surface area contributed by atoms with E-state index in [4.69, 9.17) is 4.74 Å². The van der Waals surface area contributed by atoms with Gasteiger partial charge in [-0.2, -0.15) is 0 Å². The number of piperidine rings is 1. The standard InChI is InChI=1S/C30H36N2O2/c1-30(2,3)21-32-18-16-24(17-19-32)27-20-26(14-15-28(27)34-4)31-29(33)25-12-10-23(11-13-25)22-8-6-5-7-9-22/h5-15,20,24H,16-19,21H2,1-4H3,(H,31,33). The van der Waals surface area contributed by atoms with Gasteiger partial charge in [0.15, 0.2) is 0 Å². The predicted molar refractivity (Wildman–Crippen MR) is 141 cm³/mol. The van der Waals surface area contributed by atoms with Crippen molar-refractivity contribution in [3.05, 3.63) is 83.9 Å². The second-order valence-corrected chi connectivity index (χ2v) is 10.5. The zero-order valence-electron chi connectivity index (χ0n) is 20.8. The van der Waals surface area contributed by atoms with Crippen LogP contribution in [0.2, 0.25) is 0 Å². The van der Waals surface area contributed by atoms with E-state index in [-0.39, 0.29) is 5.91 Å². The van der Waals surface area contributed by atoms with Crippen molar-refractivity contribution in [3.8, 4) is 16.9 Å². The maximum Gasteiger partial charge on any atom is 0.255 e. The topological polar surface area (TPSA) is 41.6 Å². The maximum atomic E-state index is 12.9. The summed E-state index contributed by atoms with van der Waals surface area (Å²) in [6.45, 7) is 10.2. The fraction of sp³-hybridized carbons (Fsp3) is 0.367. The van der Waals surface area contributed by atoms with Gasteiger partial charge < -0.3 is 15.0 Å². The van der Waals surface area contributed by atoms with Gasteiger partial charge in [-0.15, -0.1) is 0 Å². The number of hydrogen-bond donors (Lipinski definition) is 1. The third-order valence-corrected chi connectivity index (χ3v) is 6.47. The molecule has 0 unspecified atom stereocenters. The molecule has 1 saturated heterocycles. The second kappa shape index (κ2) is 10.4. The molecule has 0 spiro atoms. The van der Waals surface area contributed by atoms with E-state index in [1.54, 1.807) is 7.11 Å². The zero-order chi connectivity index (χ0) is 24.1. The van der Waals surface area contributed by atoms with Crippen LogP contribution in [0.4, 0.5) is 5.69 Å². The minimum absolute atomic E-state index is 0.101. The van der Waals surface area contributed by atoms with Crippen LogP contribution in [0.3, 0.4) is 0 Å². The predicted octanol–water partition coefficient (Wildman–Crippen LogP) is 6.84. The van der Waals surface area contributed by atoms with Gasteiger partial charge in [0.1, 0.15) is 5.75 Å². The highest BCUT2D eigenvalue weighted by atomic mass is 16.5. The molecule has 1 aliphatic rings. The van der Waals surface area contributed by atoms with Crippen molar-refractivity contribution in [2.45, 2.75) is 39.5 Å². The normalized spacial score (nSPS) is 15.2. The average Bonchev–Trinajstić information content (AvgIpc) is 2.84. The van der Waals surface area contributed by atoms with E-state index in [0.29, 0.717) is 16.9 Å². The summed E-state index contributed by atoms with van der Waals surface area (Å²) >= 11 is 0. The molecule has 4 rings (SSSR count). The summed E-state index contributed by atoms with van der Waals surface area (Å²) in [5.74, 6) is 1.24. The smallest absolute Gasteiger partial charge is 0.255 e. The number of anilines is 1. The number of ether oxygens (including phenoxy) is 1. The number of rotatable bonds is 6. The SMILES string of the molecule is COc1ccc(NC(=O)c2ccc(-c3ccccc3)cc2)cc1C1CCN(CC(C)(C)C)CC1. The highest BCUT2D eigenvalue weighted by molar-refractivity contribution is 6.04. The Morgan fingerprint density at radius 2 is 1.59 bits per heavy atom. The van der Waals surface area contributed by atoms with Crippen molar-refractivity contribution in [2.75, 3.05) is 32.1 Å². The molecular formula is C30H36N2O2. The summed E-state index contributed by atoms with van der Waals surface area (Å²) in [5.41, 5.74) is 5.20. The maximum absolute atomic E-state index is 12.9. The lowest BCUT2D eigenvalue weighted by Gasteiger charge is -2.36. The molecule has 0 aliphatic carbocycles. The van der Waals surface area contributed by atoms with Crippen LogP contribution >= 0.6 is 0 Å². The highest BCUT2D eigenvalue weighted by Crippen LogP contribution is 2.36. The molecule has 4 heteroatoms. The third-order valence-electron chi connectivity index (χ3n) is 6.47. The molecule has 3 aromatic carbocycles. The summed E-state index contributed by atoms with van der Waals surface area (Å²) < 4.78 is 5.68. The Kier molecular flexibility index (Phi) is 7.38. The zero-order valence-corrected chi connectivity index (χ0v) is 20.8. The van der Waals surface area contributed by atoms with Crippen molar-refractivity contribution in [2.24, 2.45) is 5.41 Å². The second-order valence-electron chi connectivity index (χ2n) is 10.5. The molecule has 0 bridgehead atoms. The van der Waals surface area contributed by atoms with Gasteiger partial charge in [0, 0.05) is 17.8 Å². The molecule has 34 heavy (non-hydrogen) atoms. The van der Waals surface area contributed by atoms with E-state index >= 15 is 0 Å². The van der Waals surface area contributed by atoms with Gasteiger partial charge >= 0.3 is 0 Å². The van der Waals surface area contributed by atoms with Gasteiger partial charge in [0.05, 0.1) is 7.11 Å². The van der Waals surface area contributed by atoms with Crippen molar-refractivity contribution in [3.63, 3.8) is 0 Å². The number of carbonyl (C=O) groups excluding carboxylic acids is 1. The molecule has 178 valence electrons. The first-order valence-corrected chi connectivity index (χ1v) is 12.2. The van der Waals surface area contributed by atoms with Gasteiger partial charge in [0.25, 0.3) is 5.91 Å². The molecule has 3 aromatic rings. The molecule has 0 atom stereocenters. The molecule has 1 N–H and O–H groups in total. The minimum atomic E-state index is -0.101. The van der Waals surface area contributed by atoms with Crippen LogP contribution in [-0.2, 0) is 0 Å². The van der Waals surface area contributed by atoms with E-state index in [1.807, 2.05) is 54.6 Å². The molecule has 1 amide bonds. The first kappa shape index (κ1) is 24.0. The largest absolute Gasteiger partial charge is 0.496 e. The van der Waals surface area contributed by atoms with Crippen LogP contribution < -0.4 is 10.1 Å². The number of methoxy groups -OCH3 is 1. The number of likely N-dealkylation sites (tertiary alicyclic amines) is 1. The molecule has 4 nitrogen and oxygen atoms in total. The summed E-state index contributed by atoms with van der Waals surface area (Å²) in [4.78, 5) is 15.5. The van der Waals surface area contributed by atoms with E-state index in [0.717, 1.165) is 55.0 Å². The fourth-order valence-corrected chi connectivity index (χ4v) is 4.85. The summed E-state index contributed by atoms with van der Waals surface area (Å²) in [6, 6.07) is 23.9. The first-order chi connectivity index (χ1) is 16.3. The van der Waals surface area contributed by atoms with Crippen molar-refractivity contribution < 1.29 is 9.53 Å². The minimum Gasteiger partial charge on any atom is -0.496 e. The average molecular weight is 457 g/mol. The van der Waals surface area contributed by atoms with E-state index in [9.17, 15) is 4.79 Å². The van der Waals surface area contributed by atoms with E-state index in [1.165, 1.54) is 5.56 Å². The van der Waals surface area contributed by atoms with Crippen LogP contribution in [0.1, 0.15) is 55.5 Å². The molecule has 1 fully saturated rings. The number of carbonyl (C=O) groups is 1. The lowest BCUT2D eigenvalue weighted by Crippen LogP contribution is -2.38. The lowest BCUT2D eigenvalue weighted by molar-refractivity contribution is 0.102. The molecule has 0 saturated carbocycles. The Morgan fingerprint density at radius 1 is 0.941 bits per heavy atom. The Balaban J connectivity index is 1.44. The van der Waals surface area contributed by atoms with Gasteiger partial charge in [-0.1, -0.05) is 63.2 Å². The Bertz CT molecular complexity index is 1090. The molecule has 1 heterocycles. The quantitative estimate of drug-likeness (QED) is 0.441. The Labute approximate surface area is 204 Å². The molecule has 0 aromatic heterocycles. The highest BCUT2D eigenvalue weighted by Gasteiger charge is 2.26. The van der Waals surface area contributed by atoms with Crippen LogP contribution in [0.5, 0.6) is 5.75 Å². The van der Waals surface area contributed by atoms with Crippen molar-refractivity contribution in [1.82, 2.24) is 4.90 Å². The summed E-state index contributed by atoms with van der Waals surface area (Å²) in [7, 11) is 1.72.